The number of hydrogen-bond acceptors (Lipinski definition) is 4. The Bertz CT molecular complexity index is 762. The first-order chi connectivity index (χ1) is 14.4. The molecule has 2 aliphatic carbocycles. The van der Waals surface area contributed by atoms with Gasteiger partial charge in [-0.15, -0.1) is 0 Å². The minimum absolute atomic E-state index is 0.0796. The lowest BCUT2D eigenvalue weighted by molar-refractivity contribution is -0.155. The number of rotatable bonds is 8. The summed E-state index contributed by atoms with van der Waals surface area (Å²) in [4.78, 5) is 24.5. The van der Waals surface area contributed by atoms with E-state index in [2.05, 4.69) is 31.3 Å². The molecule has 0 bridgehead atoms. The first-order valence-corrected chi connectivity index (χ1v) is 11.5. The van der Waals surface area contributed by atoms with Gasteiger partial charge in [0.2, 0.25) is 5.91 Å². The Morgan fingerprint density at radius 3 is 2.70 bits per heavy atom. The van der Waals surface area contributed by atoms with E-state index < -0.39 is 0 Å². The maximum absolute atomic E-state index is 12.7. The molecule has 0 saturated heterocycles. The molecule has 5 nitrogen and oxygen atoms in total. The summed E-state index contributed by atoms with van der Waals surface area (Å²) in [6.07, 6.45) is 7.28. The zero-order chi connectivity index (χ0) is 21.7. The number of benzene rings is 1. The third-order valence-electron chi connectivity index (χ3n) is 7.27. The highest BCUT2D eigenvalue weighted by Gasteiger charge is 2.52. The van der Waals surface area contributed by atoms with E-state index in [4.69, 9.17) is 9.47 Å². The van der Waals surface area contributed by atoms with Crippen molar-refractivity contribution < 1.29 is 19.1 Å². The summed E-state index contributed by atoms with van der Waals surface area (Å²) in [5.74, 6) is 1.61. The van der Waals surface area contributed by atoms with Crippen LogP contribution in [0.1, 0.15) is 70.4 Å². The predicted molar refractivity (Wildman–Crippen MR) is 117 cm³/mol. The first kappa shape index (κ1) is 22.6. The van der Waals surface area contributed by atoms with E-state index >= 15 is 0 Å². The Hall–Kier alpha value is -2.04. The number of methoxy groups -OCH3 is 1. The van der Waals surface area contributed by atoms with Crippen LogP contribution in [0.3, 0.4) is 0 Å². The second-order valence-electron chi connectivity index (χ2n) is 9.31. The fourth-order valence-corrected chi connectivity index (χ4v) is 5.69. The van der Waals surface area contributed by atoms with E-state index in [1.165, 1.54) is 18.1 Å². The quantitative estimate of drug-likeness (QED) is 0.503. The number of esters is 1. The van der Waals surface area contributed by atoms with Crippen molar-refractivity contribution in [2.45, 2.75) is 78.2 Å². The minimum atomic E-state index is -0.323. The molecule has 2 unspecified atom stereocenters. The van der Waals surface area contributed by atoms with Gasteiger partial charge in [0.1, 0.15) is 11.9 Å². The SMILES string of the molecule is CCCCNC(=O)C[C@@]1(C)C(C2CCc3cc(OC)ccc3C2)CC[C@@H]1OC(C)=O. The zero-order valence-electron chi connectivity index (χ0n) is 19.0. The molecule has 1 aromatic rings. The molecule has 0 aromatic heterocycles. The van der Waals surface area contributed by atoms with Crippen LogP contribution in [0, 0.1) is 17.3 Å². The van der Waals surface area contributed by atoms with Crippen LogP contribution in [0.25, 0.3) is 0 Å². The van der Waals surface area contributed by atoms with Gasteiger partial charge >= 0.3 is 5.97 Å². The highest BCUT2D eigenvalue weighted by atomic mass is 16.5. The van der Waals surface area contributed by atoms with Gasteiger partial charge in [-0.05, 0) is 73.6 Å². The maximum Gasteiger partial charge on any atom is 0.302 e. The minimum Gasteiger partial charge on any atom is -0.497 e. The van der Waals surface area contributed by atoms with E-state index in [-0.39, 0.29) is 23.4 Å². The van der Waals surface area contributed by atoms with E-state index in [1.807, 2.05) is 6.07 Å². The summed E-state index contributed by atoms with van der Waals surface area (Å²) in [5, 5.41) is 3.07. The van der Waals surface area contributed by atoms with Gasteiger partial charge < -0.3 is 14.8 Å². The molecule has 1 N–H and O–H groups in total. The third kappa shape index (κ3) is 4.98. The highest BCUT2D eigenvalue weighted by molar-refractivity contribution is 5.77. The van der Waals surface area contributed by atoms with Gasteiger partial charge in [0.15, 0.2) is 0 Å². The number of carbonyl (C=O) groups is 2. The Morgan fingerprint density at radius 1 is 1.20 bits per heavy atom. The van der Waals surface area contributed by atoms with Crippen molar-refractivity contribution in [2.75, 3.05) is 13.7 Å². The lowest BCUT2D eigenvalue weighted by atomic mass is 9.65. The van der Waals surface area contributed by atoms with E-state index in [9.17, 15) is 9.59 Å². The molecule has 166 valence electrons. The Morgan fingerprint density at radius 2 is 2.00 bits per heavy atom. The molecule has 3 rings (SSSR count). The van der Waals surface area contributed by atoms with Crippen LogP contribution >= 0.6 is 0 Å². The van der Waals surface area contributed by atoms with Crippen LogP contribution in [0.2, 0.25) is 0 Å². The average Bonchev–Trinajstić information content (AvgIpc) is 3.02. The number of unbranched alkanes of at least 4 members (excludes halogenated alkanes) is 1. The zero-order valence-corrected chi connectivity index (χ0v) is 19.0. The summed E-state index contributed by atoms with van der Waals surface area (Å²) in [5.41, 5.74) is 2.44. The van der Waals surface area contributed by atoms with Gasteiger partial charge in [-0.2, -0.15) is 0 Å². The predicted octanol–water partition coefficient (Wildman–Crippen LogP) is 4.45. The van der Waals surface area contributed by atoms with E-state index in [0.717, 1.165) is 50.7 Å². The summed E-state index contributed by atoms with van der Waals surface area (Å²) in [7, 11) is 1.71. The molecular formula is C25H37NO4. The molecule has 2 aliphatic rings. The maximum atomic E-state index is 12.7. The molecule has 1 amide bonds. The standard InChI is InChI=1S/C25H37NO4/c1-5-6-13-26-24(28)16-25(3)22(11-12-23(25)30-17(2)27)20-8-7-19-15-21(29-4)10-9-18(19)14-20/h9-10,15,20,22-23H,5-8,11-14,16H2,1-4H3,(H,26,28)/t20?,22?,23-,25-/m0/s1. The van der Waals surface area contributed by atoms with Gasteiger partial charge in [0.25, 0.3) is 0 Å². The molecule has 0 radical (unpaired) electrons. The second-order valence-corrected chi connectivity index (χ2v) is 9.31. The van der Waals surface area contributed by atoms with Crippen LogP contribution in [-0.4, -0.2) is 31.6 Å². The molecule has 1 fully saturated rings. The van der Waals surface area contributed by atoms with E-state index in [0.29, 0.717) is 24.8 Å². The number of aryl methyl sites for hydroxylation is 1. The number of fused-ring (bicyclic) bond motifs is 1. The van der Waals surface area contributed by atoms with Crippen molar-refractivity contribution in [3.05, 3.63) is 29.3 Å². The molecular weight excluding hydrogens is 378 g/mol. The molecule has 1 aromatic carbocycles. The molecule has 0 heterocycles. The van der Waals surface area contributed by atoms with Crippen LogP contribution in [0.4, 0.5) is 0 Å². The van der Waals surface area contributed by atoms with Gasteiger partial charge in [-0.25, -0.2) is 0 Å². The smallest absolute Gasteiger partial charge is 0.302 e. The average molecular weight is 416 g/mol. The summed E-state index contributed by atoms with van der Waals surface area (Å²) < 4.78 is 11.1. The van der Waals surface area contributed by atoms with Gasteiger partial charge in [0, 0.05) is 25.3 Å². The summed E-state index contributed by atoms with van der Waals surface area (Å²) in [6, 6.07) is 6.38. The van der Waals surface area contributed by atoms with Crippen molar-refractivity contribution >= 4 is 11.9 Å². The number of ether oxygens (including phenoxy) is 2. The van der Waals surface area contributed by atoms with Crippen LogP contribution in [-0.2, 0) is 27.2 Å². The summed E-state index contributed by atoms with van der Waals surface area (Å²) >= 11 is 0. The number of hydrogen-bond donors (Lipinski definition) is 1. The molecule has 0 aliphatic heterocycles. The van der Waals surface area contributed by atoms with Gasteiger partial charge in [-0.3, -0.25) is 9.59 Å². The Labute approximate surface area is 180 Å². The highest BCUT2D eigenvalue weighted by Crippen LogP contribution is 2.53. The Balaban J connectivity index is 1.77. The van der Waals surface area contributed by atoms with E-state index in [1.54, 1.807) is 7.11 Å². The molecule has 30 heavy (non-hydrogen) atoms. The lowest BCUT2D eigenvalue weighted by Crippen LogP contribution is -2.43. The van der Waals surface area contributed by atoms with Gasteiger partial charge in [0.05, 0.1) is 7.11 Å². The fraction of sp³-hybridized carbons (Fsp3) is 0.680. The number of carbonyl (C=O) groups excluding carboxylic acids is 2. The van der Waals surface area contributed by atoms with Crippen LogP contribution < -0.4 is 10.1 Å². The van der Waals surface area contributed by atoms with Crippen molar-refractivity contribution in [3.63, 3.8) is 0 Å². The Kier molecular flexibility index (Phi) is 7.43. The van der Waals surface area contributed by atoms with Crippen LogP contribution in [0.15, 0.2) is 18.2 Å². The largest absolute Gasteiger partial charge is 0.497 e. The second kappa shape index (κ2) is 9.84. The van der Waals surface area contributed by atoms with Crippen molar-refractivity contribution in [1.29, 1.82) is 0 Å². The number of amides is 1. The van der Waals surface area contributed by atoms with Gasteiger partial charge in [-0.1, -0.05) is 26.3 Å². The first-order valence-electron chi connectivity index (χ1n) is 11.5. The molecule has 1 saturated carbocycles. The topological polar surface area (TPSA) is 64.6 Å². The monoisotopic (exact) mass is 415 g/mol. The fourth-order valence-electron chi connectivity index (χ4n) is 5.69. The van der Waals surface area contributed by atoms with Crippen molar-refractivity contribution in [3.8, 4) is 5.75 Å². The molecule has 4 atom stereocenters. The molecule has 5 heteroatoms. The lowest BCUT2D eigenvalue weighted by Gasteiger charge is -2.41. The normalized spacial score (nSPS) is 27.9. The summed E-state index contributed by atoms with van der Waals surface area (Å²) in [6.45, 7) is 6.47. The van der Waals surface area contributed by atoms with Crippen molar-refractivity contribution in [2.24, 2.45) is 17.3 Å². The van der Waals surface area contributed by atoms with Crippen LogP contribution in [0.5, 0.6) is 5.75 Å². The van der Waals surface area contributed by atoms with Crippen molar-refractivity contribution in [1.82, 2.24) is 5.32 Å². The molecule has 0 spiro atoms. The number of nitrogens with one attached hydrogen (secondary N) is 1. The third-order valence-corrected chi connectivity index (χ3v) is 7.27.